The van der Waals surface area contributed by atoms with E-state index in [0.29, 0.717) is 5.69 Å². The van der Waals surface area contributed by atoms with Crippen LogP contribution in [0.4, 0.5) is 18.9 Å². The van der Waals surface area contributed by atoms with Crippen LogP contribution in [0.2, 0.25) is 0 Å². The minimum Gasteiger partial charge on any atom is -0.371 e. The van der Waals surface area contributed by atoms with Gasteiger partial charge in [-0.15, -0.1) is 0 Å². The summed E-state index contributed by atoms with van der Waals surface area (Å²) in [6.45, 7) is 6.00. The van der Waals surface area contributed by atoms with Gasteiger partial charge in [-0.05, 0) is 36.5 Å². The van der Waals surface area contributed by atoms with E-state index in [9.17, 15) is 13.2 Å². The molecule has 20 heavy (non-hydrogen) atoms. The number of hydrogen-bond donors (Lipinski definition) is 0. The summed E-state index contributed by atoms with van der Waals surface area (Å²) in [5.74, 6) is 0. The number of halogens is 3. The van der Waals surface area contributed by atoms with E-state index in [1.54, 1.807) is 6.07 Å². The highest BCUT2D eigenvalue weighted by atomic mass is 19.4. The van der Waals surface area contributed by atoms with Gasteiger partial charge in [-0.25, -0.2) is 0 Å². The van der Waals surface area contributed by atoms with Gasteiger partial charge in [0.25, 0.3) is 0 Å². The van der Waals surface area contributed by atoms with Gasteiger partial charge in [0, 0.05) is 18.8 Å². The van der Waals surface area contributed by atoms with Crippen molar-refractivity contribution in [2.45, 2.75) is 32.9 Å². The lowest BCUT2D eigenvalue weighted by Gasteiger charge is -2.38. The lowest BCUT2D eigenvalue weighted by molar-refractivity contribution is -0.137. The maximum absolute atomic E-state index is 12.7. The van der Waals surface area contributed by atoms with Crippen molar-refractivity contribution in [2.75, 3.05) is 18.0 Å². The summed E-state index contributed by atoms with van der Waals surface area (Å²) in [6.07, 6.45) is -2.49. The molecule has 0 saturated carbocycles. The van der Waals surface area contributed by atoms with Crippen LogP contribution in [0.15, 0.2) is 18.2 Å². The Morgan fingerprint density at radius 3 is 2.30 bits per heavy atom. The maximum Gasteiger partial charge on any atom is 0.417 e. The smallest absolute Gasteiger partial charge is 0.371 e. The third-order valence-electron chi connectivity index (χ3n) is 3.91. The average molecular weight is 282 g/mol. The van der Waals surface area contributed by atoms with Crippen molar-refractivity contribution in [3.63, 3.8) is 0 Å². The number of nitrogens with zero attached hydrogens (tertiary/aromatic N) is 2. The Morgan fingerprint density at radius 1 is 1.20 bits per heavy atom. The van der Waals surface area contributed by atoms with Gasteiger partial charge in [-0.2, -0.15) is 18.4 Å². The summed E-state index contributed by atoms with van der Waals surface area (Å²) in [6, 6.07) is 5.47. The lowest BCUT2D eigenvalue weighted by atomic mass is 9.82. The second-order valence-corrected chi connectivity index (χ2v) is 5.99. The molecule has 0 N–H and O–H groups in total. The number of hydrogen-bond acceptors (Lipinski definition) is 2. The number of rotatable bonds is 1. The van der Waals surface area contributed by atoms with Crippen LogP contribution >= 0.6 is 0 Å². The van der Waals surface area contributed by atoms with Crippen molar-refractivity contribution in [2.24, 2.45) is 5.41 Å². The minimum atomic E-state index is -4.48. The standard InChI is InChI=1S/C15H17F3N2/c1-14(2)5-7-20(8-6-14)12-3-4-13(15(16,17)18)11(9-12)10-19/h3-4,9H,5-8H2,1-2H3. The lowest BCUT2D eigenvalue weighted by Crippen LogP contribution is -2.37. The average Bonchev–Trinajstić information content (AvgIpc) is 2.37. The van der Waals surface area contributed by atoms with Crippen molar-refractivity contribution in [3.05, 3.63) is 29.3 Å². The molecule has 0 bridgehead atoms. The van der Waals surface area contributed by atoms with Gasteiger partial charge in [-0.1, -0.05) is 13.8 Å². The Bertz CT molecular complexity index is 531. The van der Waals surface area contributed by atoms with Crippen LogP contribution in [0.1, 0.15) is 37.8 Å². The van der Waals surface area contributed by atoms with Crippen LogP contribution in [0.5, 0.6) is 0 Å². The molecule has 0 radical (unpaired) electrons. The Kier molecular flexibility index (Phi) is 3.68. The van der Waals surface area contributed by atoms with Gasteiger partial charge in [0.05, 0.1) is 17.2 Å². The van der Waals surface area contributed by atoms with Crippen LogP contribution in [-0.2, 0) is 6.18 Å². The molecule has 1 saturated heterocycles. The van der Waals surface area contributed by atoms with E-state index in [2.05, 4.69) is 13.8 Å². The van der Waals surface area contributed by atoms with Crippen LogP contribution in [0, 0.1) is 16.7 Å². The minimum absolute atomic E-state index is 0.278. The molecule has 5 heteroatoms. The van der Waals surface area contributed by atoms with Crippen molar-refractivity contribution >= 4 is 5.69 Å². The Labute approximate surface area is 116 Å². The Morgan fingerprint density at radius 2 is 1.80 bits per heavy atom. The predicted octanol–water partition coefficient (Wildman–Crippen LogP) is 4.20. The summed E-state index contributed by atoms with van der Waals surface area (Å²) >= 11 is 0. The van der Waals surface area contributed by atoms with Gasteiger partial charge >= 0.3 is 6.18 Å². The first-order valence-electron chi connectivity index (χ1n) is 6.59. The summed E-state index contributed by atoms with van der Waals surface area (Å²) in [5, 5.41) is 8.92. The number of benzene rings is 1. The van der Waals surface area contributed by atoms with E-state index in [1.165, 1.54) is 12.1 Å². The molecule has 1 aliphatic rings. The number of alkyl halides is 3. The number of anilines is 1. The molecule has 1 aromatic carbocycles. The summed E-state index contributed by atoms with van der Waals surface area (Å²) < 4.78 is 38.2. The zero-order valence-electron chi connectivity index (χ0n) is 11.6. The molecule has 0 spiro atoms. The number of nitriles is 1. The highest BCUT2D eigenvalue weighted by molar-refractivity contribution is 5.55. The number of piperidine rings is 1. The Balaban J connectivity index is 2.26. The van der Waals surface area contributed by atoms with Crippen molar-refractivity contribution < 1.29 is 13.2 Å². The summed E-state index contributed by atoms with van der Waals surface area (Å²) in [7, 11) is 0. The molecule has 0 aromatic heterocycles. The first-order chi connectivity index (χ1) is 9.23. The van der Waals surface area contributed by atoms with E-state index in [0.717, 1.165) is 32.0 Å². The molecule has 0 unspecified atom stereocenters. The fourth-order valence-electron chi connectivity index (χ4n) is 2.44. The zero-order valence-corrected chi connectivity index (χ0v) is 11.6. The zero-order chi connectivity index (χ0) is 15.0. The molecule has 2 nitrogen and oxygen atoms in total. The topological polar surface area (TPSA) is 27.0 Å². The van der Waals surface area contributed by atoms with Crippen LogP contribution in [0.25, 0.3) is 0 Å². The highest BCUT2D eigenvalue weighted by Crippen LogP contribution is 2.36. The fourth-order valence-corrected chi connectivity index (χ4v) is 2.44. The predicted molar refractivity (Wildman–Crippen MR) is 71.4 cm³/mol. The molecule has 1 heterocycles. The molecular formula is C15H17F3N2. The summed E-state index contributed by atoms with van der Waals surface area (Å²) in [4.78, 5) is 2.05. The molecule has 0 aliphatic carbocycles. The third-order valence-corrected chi connectivity index (χ3v) is 3.91. The first-order valence-corrected chi connectivity index (χ1v) is 6.59. The van der Waals surface area contributed by atoms with Crippen molar-refractivity contribution in [3.8, 4) is 6.07 Å². The molecule has 1 aliphatic heterocycles. The molecule has 1 aromatic rings. The van der Waals surface area contributed by atoms with E-state index < -0.39 is 11.7 Å². The summed E-state index contributed by atoms with van der Waals surface area (Å²) in [5.41, 5.74) is -0.188. The Hall–Kier alpha value is -1.70. The van der Waals surface area contributed by atoms with Gasteiger partial charge in [0.15, 0.2) is 0 Å². The largest absolute Gasteiger partial charge is 0.417 e. The SMILES string of the molecule is CC1(C)CCN(c2ccc(C(F)(F)F)c(C#N)c2)CC1. The van der Waals surface area contributed by atoms with Gasteiger partial charge < -0.3 is 4.90 Å². The van der Waals surface area contributed by atoms with E-state index in [1.807, 2.05) is 4.90 Å². The highest BCUT2D eigenvalue weighted by Gasteiger charge is 2.34. The quantitative estimate of drug-likeness (QED) is 0.771. The van der Waals surface area contributed by atoms with E-state index in [-0.39, 0.29) is 11.0 Å². The normalized spacial score (nSPS) is 18.7. The van der Waals surface area contributed by atoms with E-state index in [4.69, 9.17) is 5.26 Å². The van der Waals surface area contributed by atoms with Crippen molar-refractivity contribution in [1.29, 1.82) is 5.26 Å². The first kappa shape index (κ1) is 14.7. The van der Waals surface area contributed by atoms with E-state index >= 15 is 0 Å². The van der Waals surface area contributed by atoms with Crippen LogP contribution < -0.4 is 4.90 Å². The fraction of sp³-hybridized carbons (Fsp3) is 0.533. The van der Waals surface area contributed by atoms with Crippen LogP contribution in [0.3, 0.4) is 0 Å². The second-order valence-electron chi connectivity index (χ2n) is 5.99. The van der Waals surface area contributed by atoms with Crippen LogP contribution in [-0.4, -0.2) is 13.1 Å². The molecule has 108 valence electrons. The molecular weight excluding hydrogens is 265 g/mol. The third kappa shape index (κ3) is 3.06. The van der Waals surface area contributed by atoms with Gasteiger partial charge in [0.2, 0.25) is 0 Å². The van der Waals surface area contributed by atoms with Crippen molar-refractivity contribution in [1.82, 2.24) is 0 Å². The molecule has 2 rings (SSSR count). The second kappa shape index (κ2) is 5.01. The molecule has 0 amide bonds. The van der Waals surface area contributed by atoms with Gasteiger partial charge in [-0.3, -0.25) is 0 Å². The van der Waals surface area contributed by atoms with Gasteiger partial charge in [0.1, 0.15) is 0 Å². The molecule has 0 atom stereocenters. The molecule has 1 fully saturated rings. The maximum atomic E-state index is 12.7. The monoisotopic (exact) mass is 282 g/mol.